The Morgan fingerprint density at radius 2 is 1.76 bits per heavy atom. The lowest BCUT2D eigenvalue weighted by Gasteiger charge is -2.13. The van der Waals surface area contributed by atoms with E-state index in [0.29, 0.717) is 5.82 Å². The molecule has 5 nitrogen and oxygen atoms in total. The van der Waals surface area contributed by atoms with Gasteiger partial charge in [-0.3, -0.25) is 14.5 Å². The summed E-state index contributed by atoms with van der Waals surface area (Å²) in [5.41, 5.74) is 2.79. The number of aryl methyl sites for hydroxylation is 1. The molecule has 0 aliphatic carbocycles. The predicted molar refractivity (Wildman–Crippen MR) is 77.0 cm³/mol. The molecule has 1 aliphatic rings. The van der Waals surface area contributed by atoms with Crippen LogP contribution in [0.5, 0.6) is 0 Å². The minimum absolute atomic E-state index is 0.148. The number of amides is 2. The Bertz CT molecular complexity index is 682. The number of aromatic nitrogens is 2. The van der Waals surface area contributed by atoms with E-state index in [9.17, 15) is 9.59 Å². The molecular formula is C16H15N3O2. The third-order valence-electron chi connectivity index (χ3n) is 3.52. The maximum Gasteiger partial charge on any atom is 0.230 e. The van der Waals surface area contributed by atoms with Gasteiger partial charge in [-0.2, -0.15) is 0 Å². The Morgan fingerprint density at radius 3 is 2.43 bits per heavy atom. The molecule has 2 aromatic rings. The van der Waals surface area contributed by atoms with E-state index in [-0.39, 0.29) is 31.2 Å². The number of likely N-dealkylation sites (tertiary alicyclic amines) is 1. The van der Waals surface area contributed by atoms with Crippen LogP contribution in [0.15, 0.2) is 36.5 Å². The summed E-state index contributed by atoms with van der Waals surface area (Å²) >= 11 is 0. The van der Waals surface area contributed by atoms with Crippen LogP contribution in [-0.2, 0) is 16.1 Å². The van der Waals surface area contributed by atoms with Crippen LogP contribution in [0.3, 0.4) is 0 Å². The number of carbonyl (C=O) groups excluding carboxylic acids is 2. The van der Waals surface area contributed by atoms with Crippen LogP contribution in [0.25, 0.3) is 11.3 Å². The average molecular weight is 281 g/mol. The third kappa shape index (κ3) is 2.67. The molecule has 5 heteroatoms. The van der Waals surface area contributed by atoms with Crippen molar-refractivity contribution >= 4 is 11.8 Å². The van der Waals surface area contributed by atoms with Gasteiger partial charge >= 0.3 is 0 Å². The molecule has 1 aliphatic heterocycles. The van der Waals surface area contributed by atoms with Gasteiger partial charge in [0.2, 0.25) is 11.8 Å². The highest BCUT2D eigenvalue weighted by Crippen LogP contribution is 2.21. The fraction of sp³-hybridized carbons (Fsp3) is 0.250. The lowest BCUT2D eigenvalue weighted by Crippen LogP contribution is -2.29. The number of nitrogens with zero attached hydrogens (tertiary/aromatic N) is 3. The molecule has 2 heterocycles. The molecular weight excluding hydrogens is 266 g/mol. The molecule has 0 spiro atoms. The summed E-state index contributed by atoms with van der Waals surface area (Å²) in [5, 5.41) is 0. The van der Waals surface area contributed by atoms with E-state index in [1.54, 1.807) is 6.20 Å². The first-order valence-corrected chi connectivity index (χ1v) is 6.86. The first kappa shape index (κ1) is 13.4. The second kappa shape index (κ2) is 5.44. The SMILES string of the molecule is Cc1cnc(CN2C(=O)CCC2=O)nc1-c1ccccc1. The van der Waals surface area contributed by atoms with E-state index >= 15 is 0 Å². The van der Waals surface area contributed by atoms with Gasteiger partial charge in [0.25, 0.3) is 0 Å². The number of benzene rings is 1. The van der Waals surface area contributed by atoms with Crippen molar-refractivity contribution in [3.8, 4) is 11.3 Å². The standard InChI is InChI=1S/C16H15N3O2/c1-11-9-17-13(10-19-14(20)7-8-15(19)21)18-16(11)12-5-3-2-4-6-12/h2-6,9H,7-8,10H2,1H3. The summed E-state index contributed by atoms with van der Waals surface area (Å²) in [7, 11) is 0. The molecule has 2 amide bonds. The monoisotopic (exact) mass is 281 g/mol. The summed E-state index contributed by atoms with van der Waals surface area (Å²) in [4.78, 5) is 33.3. The molecule has 21 heavy (non-hydrogen) atoms. The zero-order valence-corrected chi connectivity index (χ0v) is 11.7. The largest absolute Gasteiger partial charge is 0.275 e. The van der Waals surface area contributed by atoms with Crippen molar-refractivity contribution in [2.24, 2.45) is 0 Å². The highest BCUT2D eigenvalue weighted by molar-refractivity contribution is 6.01. The van der Waals surface area contributed by atoms with Gasteiger partial charge in [0.05, 0.1) is 12.2 Å². The number of imide groups is 1. The van der Waals surface area contributed by atoms with E-state index in [1.165, 1.54) is 4.90 Å². The summed E-state index contributed by atoms with van der Waals surface area (Å²) in [6.07, 6.45) is 2.31. The van der Waals surface area contributed by atoms with Gasteiger partial charge in [-0.15, -0.1) is 0 Å². The van der Waals surface area contributed by atoms with Crippen molar-refractivity contribution in [2.45, 2.75) is 26.3 Å². The smallest absolute Gasteiger partial charge is 0.230 e. The molecule has 0 N–H and O–H groups in total. The van der Waals surface area contributed by atoms with E-state index < -0.39 is 0 Å². The van der Waals surface area contributed by atoms with Crippen molar-refractivity contribution in [1.29, 1.82) is 0 Å². The van der Waals surface area contributed by atoms with Gasteiger partial charge in [-0.05, 0) is 12.5 Å². The zero-order valence-electron chi connectivity index (χ0n) is 11.7. The summed E-state index contributed by atoms with van der Waals surface area (Å²) in [5.74, 6) is 0.193. The first-order chi connectivity index (χ1) is 10.1. The Balaban J connectivity index is 1.91. The van der Waals surface area contributed by atoms with Crippen LogP contribution < -0.4 is 0 Å². The molecule has 1 aromatic heterocycles. The highest BCUT2D eigenvalue weighted by Gasteiger charge is 2.29. The van der Waals surface area contributed by atoms with Crippen LogP contribution in [0.4, 0.5) is 0 Å². The molecule has 106 valence electrons. The quantitative estimate of drug-likeness (QED) is 0.808. The third-order valence-corrected chi connectivity index (χ3v) is 3.52. The first-order valence-electron chi connectivity index (χ1n) is 6.86. The van der Waals surface area contributed by atoms with Gasteiger partial charge in [-0.25, -0.2) is 9.97 Å². The van der Waals surface area contributed by atoms with Crippen LogP contribution in [0, 0.1) is 6.92 Å². The van der Waals surface area contributed by atoms with Crippen molar-refractivity contribution in [2.75, 3.05) is 0 Å². The molecule has 0 atom stereocenters. The number of rotatable bonds is 3. The van der Waals surface area contributed by atoms with E-state index in [2.05, 4.69) is 9.97 Å². The normalized spacial score (nSPS) is 14.8. The predicted octanol–water partition coefficient (Wildman–Crippen LogP) is 2.10. The zero-order chi connectivity index (χ0) is 14.8. The Kier molecular flexibility index (Phi) is 3.48. The fourth-order valence-corrected chi connectivity index (χ4v) is 2.38. The number of hydrogen-bond acceptors (Lipinski definition) is 4. The number of hydrogen-bond donors (Lipinski definition) is 0. The topological polar surface area (TPSA) is 63.2 Å². The molecule has 0 saturated carbocycles. The maximum atomic E-state index is 11.7. The minimum Gasteiger partial charge on any atom is -0.275 e. The molecule has 1 saturated heterocycles. The van der Waals surface area contributed by atoms with Crippen molar-refractivity contribution < 1.29 is 9.59 Å². The van der Waals surface area contributed by atoms with Crippen LogP contribution in [-0.4, -0.2) is 26.7 Å². The lowest BCUT2D eigenvalue weighted by atomic mass is 10.1. The van der Waals surface area contributed by atoms with Gasteiger partial charge < -0.3 is 0 Å². The van der Waals surface area contributed by atoms with Gasteiger partial charge in [0, 0.05) is 24.6 Å². The fourth-order valence-electron chi connectivity index (χ4n) is 2.38. The van der Waals surface area contributed by atoms with Gasteiger partial charge in [0.15, 0.2) is 0 Å². The Labute approximate surface area is 122 Å². The van der Waals surface area contributed by atoms with Crippen LogP contribution in [0.1, 0.15) is 24.2 Å². The summed E-state index contributed by atoms with van der Waals surface area (Å²) in [6.45, 7) is 2.09. The number of carbonyl (C=O) groups is 2. The Hall–Kier alpha value is -2.56. The molecule has 3 rings (SSSR count). The maximum absolute atomic E-state index is 11.7. The molecule has 0 bridgehead atoms. The van der Waals surface area contributed by atoms with Crippen LogP contribution >= 0.6 is 0 Å². The average Bonchev–Trinajstić information content (AvgIpc) is 2.82. The van der Waals surface area contributed by atoms with Crippen molar-refractivity contribution in [3.63, 3.8) is 0 Å². The Morgan fingerprint density at radius 1 is 1.10 bits per heavy atom. The summed E-state index contributed by atoms with van der Waals surface area (Å²) < 4.78 is 0. The van der Waals surface area contributed by atoms with E-state index in [0.717, 1.165) is 16.8 Å². The molecule has 0 unspecified atom stereocenters. The van der Waals surface area contributed by atoms with Gasteiger partial charge in [-0.1, -0.05) is 30.3 Å². The summed E-state index contributed by atoms with van der Waals surface area (Å²) in [6, 6.07) is 9.80. The second-order valence-electron chi connectivity index (χ2n) is 5.06. The van der Waals surface area contributed by atoms with Crippen molar-refractivity contribution in [1.82, 2.24) is 14.9 Å². The van der Waals surface area contributed by atoms with E-state index in [4.69, 9.17) is 0 Å². The minimum atomic E-state index is -0.148. The van der Waals surface area contributed by atoms with Gasteiger partial charge in [0.1, 0.15) is 5.82 Å². The van der Waals surface area contributed by atoms with E-state index in [1.807, 2.05) is 37.3 Å². The molecule has 1 fully saturated rings. The second-order valence-corrected chi connectivity index (χ2v) is 5.06. The van der Waals surface area contributed by atoms with Crippen molar-refractivity contribution in [3.05, 3.63) is 47.9 Å². The lowest BCUT2D eigenvalue weighted by molar-refractivity contribution is -0.139. The molecule has 0 radical (unpaired) electrons. The molecule has 1 aromatic carbocycles. The highest BCUT2D eigenvalue weighted by atomic mass is 16.2. The van der Waals surface area contributed by atoms with Crippen LogP contribution in [0.2, 0.25) is 0 Å².